The van der Waals surface area contributed by atoms with Gasteiger partial charge >= 0.3 is 5.63 Å². The molecule has 3 aromatic carbocycles. The largest absolute Gasteiger partial charge is 0.449 e. The van der Waals surface area contributed by atoms with Crippen molar-refractivity contribution in [3.05, 3.63) is 101 Å². The molecule has 4 aromatic rings. The first-order valence-corrected chi connectivity index (χ1v) is 10.2. The minimum atomic E-state index is -0.598. The van der Waals surface area contributed by atoms with Crippen molar-refractivity contribution in [1.29, 1.82) is 0 Å². The van der Waals surface area contributed by atoms with Crippen LogP contribution >= 0.6 is 11.8 Å². The predicted octanol–water partition coefficient (Wildman–Crippen LogP) is 6.63. The highest BCUT2D eigenvalue weighted by molar-refractivity contribution is 7.98. The van der Waals surface area contributed by atoms with E-state index < -0.39 is 5.63 Å². The van der Waals surface area contributed by atoms with Crippen LogP contribution in [0.1, 0.15) is 0 Å². The van der Waals surface area contributed by atoms with Crippen LogP contribution < -0.4 is 10.4 Å². The van der Waals surface area contributed by atoms with Gasteiger partial charge in [-0.25, -0.2) is 9.18 Å². The molecule has 0 spiro atoms. The molecular weight excluding hydrogens is 387 g/mol. The normalized spacial score (nSPS) is 10.7. The van der Waals surface area contributed by atoms with Crippen LogP contribution in [0.5, 0.6) is 11.5 Å². The molecule has 29 heavy (non-hydrogen) atoms. The number of benzene rings is 3. The topological polar surface area (TPSA) is 39.4 Å². The van der Waals surface area contributed by atoms with Crippen molar-refractivity contribution in [2.45, 2.75) is 4.90 Å². The van der Waals surface area contributed by atoms with Gasteiger partial charge in [0.15, 0.2) is 0 Å². The molecule has 0 N–H and O–H groups in total. The summed E-state index contributed by atoms with van der Waals surface area (Å²) in [6.07, 6.45) is 2.00. The third-order valence-corrected chi connectivity index (χ3v) is 5.14. The van der Waals surface area contributed by atoms with E-state index in [1.807, 2.05) is 60.9 Å². The van der Waals surface area contributed by atoms with Crippen LogP contribution in [-0.2, 0) is 0 Å². The molecule has 0 radical (unpaired) electrons. The van der Waals surface area contributed by atoms with Gasteiger partial charge in [0.2, 0.25) is 5.75 Å². The van der Waals surface area contributed by atoms with Gasteiger partial charge in [0.05, 0.1) is 0 Å². The van der Waals surface area contributed by atoms with Crippen LogP contribution in [0.4, 0.5) is 4.39 Å². The summed E-state index contributed by atoms with van der Waals surface area (Å²) in [7, 11) is 0. The van der Waals surface area contributed by atoms with Gasteiger partial charge in [0.25, 0.3) is 0 Å². The van der Waals surface area contributed by atoms with Crippen LogP contribution in [0, 0.1) is 5.82 Å². The predicted molar refractivity (Wildman–Crippen MR) is 114 cm³/mol. The smallest absolute Gasteiger partial charge is 0.380 e. The Labute approximate surface area is 171 Å². The molecule has 0 atom stereocenters. The van der Waals surface area contributed by atoms with E-state index in [4.69, 9.17) is 9.15 Å². The highest BCUT2D eigenvalue weighted by Crippen LogP contribution is 2.35. The molecule has 0 amide bonds. The summed E-state index contributed by atoms with van der Waals surface area (Å²) in [5.41, 5.74) is 1.63. The zero-order valence-electron chi connectivity index (χ0n) is 15.6. The van der Waals surface area contributed by atoms with Crippen LogP contribution in [0.2, 0.25) is 0 Å². The molecule has 4 rings (SSSR count). The second-order valence-corrected chi connectivity index (χ2v) is 7.17. The third kappa shape index (κ3) is 4.25. The highest BCUT2D eigenvalue weighted by atomic mass is 32.2. The zero-order chi connectivity index (χ0) is 20.2. The molecule has 0 unspecified atom stereocenters. The van der Waals surface area contributed by atoms with Crippen molar-refractivity contribution in [3.63, 3.8) is 0 Å². The molecule has 0 aliphatic rings. The molecule has 0 fully saturated rings. The molecule has 144 valence electrons. The van der Waals surface area contributed by atoms with Crippen molar-refractivity contribution < 1.29 is 13.5 Å². The number of halogens is 1. The summed E-state index contributed by atoms with van der Waals surface area (Å²) in [6, 6.07) is 24.6. The van der Waals surface area contributed by atoms with Gasteiger partial charge < -0.3 is 9.15 Å². The average molecular weight is 404 g/mol. The zero-order valence-corrected chi connectivity index (χ0v) is 16.4. The van der Waals surface area contributed by atoms with Gasteiger partial charge in [-0.1, -0.05) is 42.5 Å². The molecule has 0 saturated carbocycles. The van der Waals surface area contributed by atoms with Gasteiger partial charge in [-0.2, -0.15) is 0 Å². The maximum Gasteiger partial charge on any atom is 0.380 e. The monoisotopic (exact) mass is 404 g/mol. The van der Waals surface area contributed by atoms with Crippen molar-refractivity contribution in [1.82, 2.24) is 0 Å². The molecule has 0 aliphatic heterocycles. The molecular formula is C24H17FO3S. The summed E-state index contributed by atoms with van der Waals surface area (Å²) >= 11 is 1.64. The van der Waals surface area contributed by atoms with Crippen LogP contribution in [0.15, 0.2) is 99.0 Å². The lowest BCUT2D eigenvalue weighted by atomic mass is 10.0. The Hall–Kier alpha value is -3.31. The fraction of sp³-hybridized carbons (Fsp3) is 0.0417. The average Bonchev–Trinajstić information content (AvgIpc) is 2.77. The van der Waals surface area contributed by atoms with Crippen LogP contribution in [-0.4, -0.2) is 6.26 Å². The minimum absolute atomic E-state index is 0.0631. The van der Waals surface area contributed by atoms with Crippen molar-refractivity contribution in [2.75, 3.05) is 6.26 Å². The molecule has 1 aromatic heterocycles. The lowest BCUT2D eigenvalue weighted by molar-refractivity contribution is 0.427. The van der Waals surface area contributed by atoms with E-state index in [0.717, 1.165) is 16.0 Å². The van der Waals surface area contributed by atoms with Gasteiger partial charge in [0.1, 0.15) is 17.3 Å². The Balaban J connectivity index is 1.86. The minimum Gasteiger partial charge on any atom is -0.449 e. The molecule has 0 aliphatic carbocycles. The van der Waals surface area contributed by atoms with Gasteiger partial charge in [0, 0.05) is 16.0 Å². The van der Waals surface area contributed by atoms with E-state index in [1.165, 1.54) is 24.3 Å². The van der Waals surface area contributed by atoms with Crippen LogP contribution in [0.3, 0.4) is 0 Å². The first-order valence-electron chi connectivity index (χ1n) is 8.95. The lowest BCUT2D eigenvalue weighted by Crippen LogP contribution is -2.06. The third-order valence-electron chi connectivity index (χ3n) is 4.40. The summed E-state index contributed by atoms with van der Waals surface area (Å²) in [4.78, 5) is 13.9. The first kappa shape index (κ1) is 19.0. The quantitative estimate of drug-likeness (QED) is 0.350. The highest BCUT2D eigenvalue weighted by Gasteiger charge is 2.17. The van der Waals surface area contributed by atoms with E-state index in [0.29, 0.717) is 17.1 Å². The maximum atomic E-state index is 13.2. The van der Waals surface area contributed by atoms with Gasteiger partial charge in [-0.15, -0.1) is 11.8 Å². The second-order valence-electron chi connectivity index (χ2n) is 6.29. The van der Waals surface area contributed by atoms with E-state index in [1.54, 1.807) is 17.8 Å². The number of hydrogen-bond acceptors (Lipinski definition) is 4. The summed E-state index contributed by atoms with van der Waals surface area (Å²) in [6.45, 7) is 0. The molecule has 1 heterocycles. The van der Waals surface area contributed by atoms with Crippen LogP contribution in [0.25, 0.3) is 22.5 Å². The first-order chi connectivity index (χ1) is 14.1. The van der Waals surface area contributed by atoms with Crippen molar-refractivity contribution >= 4 is 11.8 Å². The Morgan fingerprint density at radius 3 is 2.21 bits per heavy atom. The van der Waals surface area contributed by atoms with E-state index in [-0.39, 0.29) is 11.6 Å². The van der Waals surface area contributed by atoms with E-state index in [9.17, 15) is 9.18 Å². The SMILES string of the molecule is CSc1ccc(-c2cc(-c3ccccc3)oc(=O)c2Oc2ccc(F)cc2)cc1. The molecule has 0 bridgehead atoms. The van der Waals surface area contributed by atoms with E-state index >= 15 is 0 Å². The Morgan fingerprint density at radius 2 is 1.55 bits per heavy atom. The number of thioether (sulfide) groups is 1. The molecule has 0 saturated heterocycles. The number of hydrogen-bond donors (Lipinski definition) is 0. The Morgan fingerprint density at radius 1 is 0.862 bits per heavy atom. The number of ether oxygens (including phenoxy) is 1. The summed E-state index contributed by atoms with van der Waals surface area (Å²) in [5, 5.41) is 0. The lowest BCUT2D eigenvalue weighted by Gasteiger charge is -2.12. The van der Waals surface area contributed by atoms with E-state index in [2.05, 4.69) is 0 Å². The van der Waals surface area contributed by atoms with Crippen molar-refractivity contribution in [2.24, 2.45) is 0 Å². The molecule has 5 heteroatoms. The summed E-state index contributed by atoms with van der Waals surface area (Å²) < 4.78 is 24.6. The Bertz CT molecular complexity index is 1170. The van der Waals surface area contributed by atoms with Gasteiger partial charge in [-0.3, -0.25) is 0 Å². The number of rotatable bonds is 5. The fourth-order valence-corrected chi connectivity index (χ4v) is 3.34. The summed E-state index contributed by atoms with van der Waals surface area (Å²) in [5.74, 6) is 0.490. The Kier molecular flexibility index (Phi) is 5.49. The second kappa shape index (κ2) is 8.37. The standard InChI is InChI=1S/C24H17FO3S/c1-29-20-13-7-16(8-14-20)21-15-22(17-5-3-2-4-6-17)28-24(26)23(21)27-19-11-9-18(25)10-12-19/h2-15H,1H3. The maximum absolute atomic E-state index is 13.2. The van der Waals surface area contributed by atoms with Crippen molar-refractivity contribution in [3.8, 4) is 33.9 Å². The fourth-order valence-electron chi connectivity index (χ4n) is 2.93. The van der Waals surface area contributed by atoms with Gasteiger partial charge in [-0.05, 0) is 54.3 Å². The molecule has 3 nitrogen and oxygen atoms in total.